The average molecular weight is 620 g/mol. The Kier molecular flexibility index (Phi) is 15.2. The number of unbranched alkanes of at least 4 members (excludes halogenated alkanes) is 1. The zero-order chi connectivity index (χ0) is 33.6. The van der Waals surface area contributed by atoms with Crippen molar-refractivity contribution in [3.63, 3.8) is 0 Å². The molecule has 2 atom stereocenters. The van der Waals surface area contributed by atoms with E-state index in [1.54, 1.807) is 62.3 Å². The minimum Gasteiger partial charge on any atom is -0.475 e. The van der Waals surface area contributed by atoms with E-state index in [2.05, 4.69) is 22.5 Å². The number of rotatable bonds is 16. The van der Waals surface area contributed by atoms with Crippen LogP contribution in [0.4, 0.5) is 4.79 Å². The van der Waals surface area contributed by atoms with E-state index in [1.807, 2.05) is 30.3 Å². The number of esters is 3. The van der Waals surface area contributed by atoms with Gasteiger partial charge in [-0.3, -0.25) is 4.79 Å². The van der Waals surface area contributed by atoms with Gasteiger partial charge in [-0.05, 0) is 100 Å². The summed E-state index contributed by atoms with van der Waals surface area (Å²) in [5.41, 5.74) is -1.25. The molecule has 0 heterocycles. The van der Waals surface area contributed by atoms with E-state index < -0.39 is 52.8 Å². The number of hydrogen-bond acceptors (Lipinski definition) is 9. The molecule has 0 unspecified atom stereocenters. The summed E-state index contributed by atoms with van der Waals surface area (Å²) in [7, 11) is 0. The number of urea groups is 1. The van der Waals surface area contributed by atoms with Crippen LogP contribution in [0, 0.1) is 0 Å². The van der Waals surface area contributed by atoms with Crippen LogP contribution in [0.25, 0.3) is 0 Å². The molecule has 1 aromatic rings. The Morgan fingerprint density at radius 1 is 0.727 bits per heavy atom. The molecule has 0 radical (unpaired) electrons. The summed E-state index contributed by atoms with van der Waals surface area (Å²) in [6.07, 6.45) is 1.35. The molecule has 0 saturated heterocycles. The van der Waals surface area contributed by atoms with E-state index in [4.69, 9.17) is 18.9 Å². The summed E-state index contributed by atoms with van der Waals surface area (Å²) >= 11 is 0. The van der Waals surface area contributed by atoms with Crippen LogP contribution in [-0.4, -0.2) is 59.4 Å². The third-order valence-corrected chi connectivity index (χ3v) is 5.55. The first kappa shape index (κ1) is 38.3. The number of benzene rings is 1. The fourth-order valence-corrected chi connectivity index (χ4v) is 3.75. The molecule has 0 aliphatic rings. The van der Waals surface area contributed by atoms with Crippen molar-refractivity contribution in [3.05, 3.63) is 48.4 Å². The topological polar surface area (TPSA) is 141 Å². The Bertz CT molecular complexity index is 1080. The molecule has 248 valence electrons. The number of carbonyl (C=O) groups excluding carboxylic acids is 4. The van der Waals surface area contributed by atoms with E-state index in [0.29, 0.717) is 31.9 Å². The Morgan fingerprint density at radius 3 is 1.73 bits per heavy atom. The van der Waals surface area contributed by atoms with Crippen molar-refractivity contribution in [1.82, 2.24) is 16.0 Å². The lowest BCUT2D eigenvalue weighted by Crippen LogP contribution is -2.53. The smallest absolute Gasteiger partial charge is 0.329 e. The molecule has 11 heteroatoms. The van der Waals surface area contributed by atoms with Gasteiger partial charge in [-0.1, -0.05) is 30.3 Å². The molecule has 0 aliphatic carbocycles. The standard InChI is InChI=1S/C33H53N3O8/c1-23(41-22-24-16-12-11-13-17-24)34-21-15-14-18-25(28(38)43-32(5,6)7)35-30(40)36-26(29(39)44-33(8,9)10)19-20-27(37)42-31(2,3)4/h11-13,16-17,25-26,34H,1,14-15,18-22H2,2-10H3,(H2,35,36,40)/t25-,26-/m0/s1. The summed E-state index contributed by atoms with van der Waals surface area (Å²) < 4.78 is 22.0. The van der Waals surface area contributed by atoms with Crippen LogP contribution in [0.15, 0.2) is 42.8 Å². The van der Waals surface area contributed by atoms with Crippen molar-refractivity contribution in [3.8, 4) is 0 Å². The van der Waals surface area contributed by atoms with Gasteiger partial charge in [-0.15, -0.1) is 0 Å². The molecule has 2 amide bonds. The van der Waals surface area contributed by atoms with Gasteiger partial charge >= 0.3 is 23.9 Å². The lowest BCUT2D eigenvalue weighted by molar-refractivity contribution is -0.159. The molecule has 1 aromatic carbocycles. The first-order chi connectivity index (χ1) is 20.2. The van der Waals surface area contributed by atoms with Crippen LogP contribution in [0.2, 0.25) is 0 Å². The second kappa shape index (κ2) is 17.5. The lowest BCUT2D eigenvalue weighted by atomic mass is 10.1. The first-order valence-corrected chi connectivity index (χ1v) is 15.1. The van der Waals surface area contributed by atoms with Gasteiger partial charge in [0.1, 0.15) is 35.5 Å². The third-order valence-electron chi connectivity index (χ3n) is 5.55. The predicted molar refractivity (Wildman–Crippen MR) is 168 cm³/mol. The quantitative estimate of drug-likeness (QED) is 0.0976. The fraction of sp³-hybridized carbons (Fsp3) is 0.636. The SMILES string of the molecule is C=C(NCCCC[C@H](NC(=O)N[C@@H](CCC(=O)OC(C)(C)C)C(=O)OC(C)(C)C)C(=O)OC(C)(C)C)OCc1ccccc1. The molecule has 1 rings (SSSR count). The molecule has 0 bridgehead atoms. The monoisotopic (exact) mass is 619 g/mol. The molecule has 11 nitrogen and oxygen atoms in total. The number of amides is 2. The Labute approximate surface area is 262 Å². The molecule has 0 saturated carbocycles. The Hall–Kier alpha value is -3.76. The molecule has 0 aromatic heterocycles. The fourth-order valence-electron chi connectivity index (χ4n) is 3.75. The van der Waals surface area contributed by atoms with E-state index >= 15 is 0 Å². The van der Waals surface area contributed by atoms with Crippen molar-refractivity contribution >= 4 is 23.9 Å². The third kappa shape index (κ3) is 18.7. The van der Waals surface area contributed by atoms with E-state index in [9.17, 15) is 19.2 Å². The predicted octanol–water partition coefficient (Wildman–Crippen LogP) is 5.28. The van der Waals surface area contributed by atoms with Gasteiger partial charge in [0.05, 0.1) is 0 Å². The number of nitrogens with one attached hydrogen (secondary N) is 3. The van der Waals surface area contributed by atoms with Gasteiger partial charge in [0, 0.05) is 13.0 Å². The molecule has 44 heavy (non-hydrogen) atoms. The van der Waals surface area contributed by atoms with E-state index in [0.717, 1.165) is 5.56 Å². The van der Waals surface area contributed by atoms with Crippen molar-refractivity contribution in [2.75, 3.05) is 6.54 Å². The maximum Gasteiger partial charge on any atom is 0.329 e. The van der Waals surface area contributed by atoms with Crippen molar-refractivity contribution in [2.24, 2.45) is 0 Å². The Balaban J connectivity index is 2.77. The largest absolute Gasteiger partial charge is 0.475 e. The Morgan fingerprint density at radius 2 is 1.23 bits per heavy atom. The second-order valence-corrected chi connectivity index (χ2v) is 13.5. The first-order valence-electron chi connectivity index (χ1n) is 15.1. The maximum atomic E-state index is 13.1. The molecule has 0 spiro atoms. The summed E-state index contributed by atoms with van der Waals surface area (Å²) in [5, 5.41) is 8.32. The van der Waals surface area contributed by atoms with Gasteiger partial charge in [-0.2, -0.15) is 0 Å². The van der Waals surface area contributed by atoms with Crippen LogP contribution in [0.5, 0.6) is 0 Å². The van der Waals surface area contributed by atoms with Gasteiger partial charge in [0.2, 0.25) is 0 Å². The molecule has 0 fully saturated rings. The van der Waals surface area contributed by atoms with Crippen LogP contribution in [0.3, 0.4) is 0 Å². The number of ether oxygens (including phenoxy) is 4. The average Bonchev–Trinajstić information content (AvgIpc) is 2.86. The zero-order valence-corrected chi connectivity index (χ0v) is 28.0. The van der Waals surface area contributed by atoms with Gasteiger partial charge in [0.25, 0.3) is 0 Å². The summed E-state index contributed by atoms with van der Waals surface area (Å²) in [4.78, 5) is 51.2. The lowest BCUT2D eigenvalue weighted by Gasteiger charge is -2.27. The number of carbonyl (C=O) groups is 4. The highest BCUT2D eigenvalue weighted by Crippen LogP contribution is 2.15. The van der Waals surface area contributed by atoms with Crippen LogP contribution in [0.1, 0.15) is 100.0 Å². The summed E-state index contributed by atoms with van der Waals surface area (Å²) in [6, 6.07) is 6.85. The normalized spacial score (nSPS) is 13.1. The minimum absolute atomic E-state index is 0.0454. The second-order valence-electron chi connectivity index (χ2n) is 13.5. The molecular weight excluding hydrogens is 566 g/mol. The van der Waals surface area contributed by atoms with Crippen LogP contribution in [-0.2, 0) is 39.9 Å². The maximum absolute atomic E-state index is 13.1. The minimum atomic E-state index is -1.15. The molecule has 0 aliphatic heterocycles. The van der Waals surface area contributed by atoms with Crippen LogP contribution >= 0.6 is 0 Å². The number of hydrogen-bond donors (Lipinski definition) is 3. The van der Waals surface area contributed by atoms with Crippen molar-refractivity contribution in [1.29, 1.82) is 0 Å². The van der Waals surface area contributed by atoms with E-state index in [-0.39, 0.29) is 19.3 Å². The van der Waals surface area contributed by atoms with Gasteiger partial charge in [-0.25, -0.2) is 14.4 Å². The molecule has 3 N–H and O–H groups in total. The highest BCUT2D eigenvalue weighted by Gasteiger charge is 2.31. The summed E-state index contributed by atoms with van der Waals surface area (Å²) in [5.74, 6) is -1.37. The highest BCUT2D eigenvalue weighted by atomic mass is 16.6. The van der Waals surface area contributed by atoms with Crippen molar-refractivity contribution in [2.45, 2.75) is 130 Å². The van der Waals surface area contributed by atoms with Gasteiger partial charge < -0.3 is 34.9 Å². The van der Waals surface area contributed by atoms with E-state index in [1.165, 1.54) is 0 Å². The zero-order valence-electron chi connectivity index (χ0n) is 28.0. The summed E-state index contributed by atoms with van der Waals surface area (Å²) in [6.45, 7) is 20.4. The molecular formula is C33H53N3O8. The van der Waals surface area contributed by atoms with Crippen LogP contribution < -0.4 is 16.0 Å². The van der Waals surface area contributed by atoms with Gasteiger partial charge in [0.15, 0.2) is 5.88 Å². The highest BCUT2D eigenvalue weighted by molar-refractivity contribution is 5.87. The van der Waals surface area contributed by atoms with Crippen molar-refractivity contribution < 1.29 is 38.1 Å².